The number of rotatable bonds is 3. The van der Waals surface area contributed by atoms with Crippen LogP contribution >= 0.6 is 15.9 Å². The second-order valence-electron chi connectivity index (χ2n) is 4.98. The van der Waals surface area contributed by atoms with E-state index in [0.29, 0.717) is 13.0 Å². The fourth-order valence-corrected chi connectivity index (χ4v) is 2.71. The van der Waals surface area contributed by atoms with Crippen LogP contribution < -0.4 is 10.6 Å². The highest BCUT2D eigenvalue weighted by Gasteiger charge is 2.32. The van der Waals surface area contributed by atoms with Crippen molar-refractivity contribution in [3.05, 3.63) is 28.2 Å². The molecule has 1 heterocycles. The second-order valence-corrected chi connectivity index (χ2v) is 5.83. The third-order valence-corrected chi connectivity index (χ3v) is 4.52. The quantitative estimate of drug-likeness (QED) is 0.921. The molecule has 1 aliphatic rings. The molecule has 5 heteroatoms. The van der Waals surface area contributed by atoms with Gasteiger partial charge in [0.05, 0.1) is 0 Å². The number of hydrogen-bond acceptors (Lipinski definition) is 3. The summed E-state index contributed by atoms with van der Waals surface area (Å²) in [6.45, 7) is 4.20. The van der Waals surface area contributed by atoms with Gasteiger partial charge in [0.1, 0.15) is 6.04 Å². The lowest BCUT2D eigenvalue weighted by Gasteiger charge is -2.40. The van der Waals surface area contributed by atoms with Gasteiger partial charge in [-0.3, -0.25) is 4.79 Å². The molecule has 104 valence electrons. The summed E-state index contributed by atoms with van der Waals surface area (Å²) in [6.07, 6.45) is 0.693. The number of amides is 1. The van der Waals surface area contributed by atoms with Gasteiger partial charge < -0.3 is 15.5 Å². The molecule has 1 saturated heterocycles. The first-order chi connectivity index (χ1) is 9.04. The number of nitrogens with zero attached hydrogens (tertiary/aromatic N) is 2. The number of carbonyl (C=O) groups is 1. The van der Waals surface area contributed by atoms with E-state index < -0.39 is 0 Å². The van der Waals surface area contributed by atoms with Gasteiger partial charge in [-0.05, 0) is 43.7 Å². The fourth-order valence-electron chi connectivity index (χ4n) is 2.47. The number of hydrogen-bond donors (Lipinski definition) is 1. The summed E-state index contributed by atoms with van der Waals surface area (Å²) in [5.74, 6) is 0.164. The minimum absolute atomic E-state index is 0.135. The van der Waals surface area contributed by atoms with Crippen molar-refractivity contribution in [1.29, 1.82) is 0 Å². The molecule has 0 aliphatic carbocycles. The summed E-state index contributed by atoms with van der Waals surface area (Å²) < 4.78 is 1.09. The van der Waals surface area contributed by atoms with Gasteiger partial charge in [0, 0.05) is 30.3 Å². The maximum absolute atomic E-state index is 12.3. The molecule has 0 spiro atoms. The Bertz CT molecular complexity index is 478. The van der Waals surface area contributed by atoms with Crippen molar-refractivity contribution in [2.24, 2.45) is 5.73 Å². The molecule has 0 aromatic heterocycles. The van der Waals surface area contributed by atoms with Crippen LogP contribution in [0.25, 0.3) is 0 Å². The lowest BCUT2D eigenvalue weighted by Crippen LogP contribution is -2.56. The third kappa shape index (κ3) is 2.92. The van der Waals surface area contributed by atoms with Crippen molar-refractivity contribution in [3.8, 4) is 0 Å². The molecule has 0 radical (unpaired) electrons. The van der Waals surface area contributed by atoms with Crippen LogP contribution in [0.15, 0.2) is 22.7 Å². The molecule has 2 N–H and O–H groups in total. The minimum Gasteiger partial charge on any atom is -0.358 e. The number of anilines is 1. The predicted molar refractivity (Wildman–Crippen MR) is 81.3 cm³/mol. The zero-order chi connectivity index (χ0) is 14.0. The predicted octanol–water partition coefficient (Wildman–Crippen LogP) is 1.75. The molecule has 19 heavy (non-hydrogen) atoms. The number of nitrogens with two attached hydrogens (primary N) is 1. The Kier molecular flexibility index (Phi) is 4.47. The van der Waals surface area contributed by atoms with E-state index in [9.17, 15) is 4.79 Å². The molecule has 1 unspecified atom stereocenters. The second kappa shape index (κ2) is 5.92. The van der Waals surface area contributed by atoms with Crippen molar-refractivity contribution in [1.82, 2.24) is 4.90 Å². The Labute approximate surface area is 122 Å². The first-order valence-electron chi connectivity index (χ1n) is 6.52. The molecular formula is C14H20BrN3O. The maximum atomic E-state index is 12.3. The number of benzene rings is 1. The fraction of sp³-hybridized carbons (Fsp3) is 0.500. The van der Waals surface area contributed by atoms with Gasteiger partial charge in [0.15, 0.2) is 0 Å². The normalized spacial score (nSPS) is 20.0. The molecule has 0 bridgehead atoms. The van der Waals surface area contributed by atoms with Crippen LogP contribution in [0.3, 0.4) is 0 Å². The van der Waals surface area contributed by atoms with E-state index in [2.05, 4.69) is 39.9 Å². The van der Waals surface area contributed by atoms with Crippen LogP contribution in [0.1, 0.15) is 12.0 Å². The summed E-state index contributed by atoms with van der Waals surface area (Å²) in [5, 5.41) is 0. The molecule has 0 saturated carbocycles. The third-order valence-electron chi connectivity index (χ3n) is 3.63. The number of halogens is 1. The summed E-state index contributed by atoms with van der Waals surface area (Å²) >= 11 is 3.51. The standard InChI is InChI=1S/C14H20BrN3O/c1-10-9-11(3-4-12(10)15)18-8-7-17(2)14(19)13(18)5-6-16/h3-4,9,13H,5-8,16H2,1-2H3. The van der Waals surface area contributed by atoms with E-state index >= 15 is 0 Å². The van der Waals surface area contributed by atoms with E-state index in [1.165, 1.54) is 5.56 Å². The van der Waals surface area contributed by atoms with E-state index in [4.69, 9.17) is 5.73 Å². The number of carbonyl (C=O) groups excluding carboxylic acids is 1. The van der Waals surface area contributed by atoms with Gasteiger partial charge in [-0.1, -0.05) is 15.9 Å². The molecule has 1 aliphatic heterocycles. The van der Waals surface area contributed by atoms with Crippen LogP contribution in [0, 0.1) is 6.92 Å². The Balaban J connectivity index is 2.30. The monoisotopic (exact) mass is 325 g/mol. The first kappa shape index (κ1) is 14.3. The lowest BCUT2D eigenvalue weighted by atomic mass is 10.1. The topological polar surface area (TPSA) is 49.6 Å². The average molecular weight is 326 g/mol. The molecular weight excluding hydrogens is 306 g/mol. The summed E-state index contributed by atoms with van der Waals surface area (Å²) in [6, 6.07) is 6.07. The highest BCUT2D eigenvalue weighted by molar-refractivity contribution is 9.10. The molecule has 1 amide bonds. The number of likely N-dealkylation sites (N-methyl/N-ethyl adjacent to an activating group) is 1. The summed E-state index contributed by atoms with van der Waals surface area (Å²) in [7, 11) is 1.86. The Morgan fingerprint density at radius 2 is 2.16 bits per heavy atom. The van der Waals surface area contributed by atoms with Gasteiger partial charge in [0.25, 0.3) is 0 Å². The van der Waals surface area contributed by atoms with Crippen molar-refractivity contribution < 1.29 is 4.79 Å². The largest absolute Gasteiger partial charge is 0.358 e. The summed E-state index contributed by atoms with van der Waals surface area (Å²) in [4.78, 5) is 16.2. The van der Waals surface area contributed by atoms with Crippen molar-refractivity contribution >= 4 is 27.5 Å². The number of piperazine rings is 1. The molecule has 2 rings (SSSR count). The van der Waals surface area contributed by atoms with Gasteiger partial charge >= 0.3 is 0 Å². The first-order valence-corrected chi connectivity index (χ1v) is 7.31. The van der Waals surface area contributed by atoms with E-state index in [1.807, 2.05) is 13.1 Å². The smallest absolute Gasteiger partial charge is 0.245 e. The zero-order valence-electron chi connectivity index (χ0n) is 11.4. The molecule has 1 atom stereocenters. The minimum atomic E-state index is -0.135. The van der Waals surface area contributed by atoms with Crippen molar-refractivity contribution in [3.63, 3.8) is 0 Å². The van der Waals surface area contributed by atoms with Crippen LogP contribution in [0.2, 0.25) is 0 Å². The molecule has 1 aromatic rings. The van der Waals surface area contributed by atoms with Crippen molar-refractivity contribution in [2.45, 2.75) is 19.4 Å². The maximum Gasteiger partial charge on any atom is 0.245 e. The van der Waals surface area contributed by atoms with Gasteiger partial charge in [-0.15, -0.1) is 0 Å². The van der Waals surface area contributed by atoms with Crippen molar-refractivity contribution in [2.75, 3.05) is 31.6 Å². The molecule has 1 aromatic carbocycles. The average Bonchev–Trinajstić information content (AvgIpc) is 2.39. The Hall–Kier alpha value is -1.07. The molecule has 4 nitrogen and oxygen atoms in total. The van der Waals surface area contributed by atoms with Gasteiger partial charge in [-0.2, -0.15) is 0 Å². The lowest BCUT2D eigenvalue weighted by molar-refractivity contribution is -0.133. The SMILES string of the molecule is Cc1cc(N2CCN(C)C(=O)C2CCN)ccc1Br. The highest BCUT2D eigenvalue weighted by Crippen LogP contribution is 2.27. The van der Waals surface area contributed by atoms with E-state index in [-0.39, 0.29) is 11.9 Å². The van der Waals surface area contributed by atoms with Crippen LogP contribution in [-0.4, -0.2) is 43.5 Å². The number of aryl methyl sites for hydroxylation is 1. The molecule has 1 fully saturated rings. The Morgan fingerprint density at radius 3 is 2.79 bits per heavy atom. The Morgan fingerprint density at radius 1 is 1.42 bits per heavy atom. The van der Waals surface area contributed by atoms with Gasteiger partial charge in [-0.25, -0.2) is 0 Å². The summed E-state index contributed by atoms with van der Waals surface area (Å²) in [5.41, 5.74) is 7.93. The van der Waals surface area contributed by atoms with Gasteiger partial charge in [0.2, 0.25) is 5.91 Å². The van der Waals surface area contributed by atoms with Crippen LogP contribution in [-0.2, 0) is 4.79 Å². The van der Waals surface area contributed by atoms with E-state index in [1.54, 1.807) is 4.90 Å². The highest BCUT2D eigenvalue weighted by atomic mass is 79.9. The zero-order valence-corrected chi connectivity index (χ0v) is 13.0. The van der Waals surface area contributed by atoms with Crippen LogP contribution in [0.4, 0.5) is 5.69 Å². The van der Waals surface area contributed by atoms with E-state index in [0.717, 1.165) is 23.2 Å². The van der Waals surface area contributed by atoms with Crippen LogP contribution in [0.5, 0.6) is 0 Å².